The Hall–Kier alpha value is -0.990. The fourth-order valence-electron chi connectivity index (χ4n) is 0.318. The van der Waals surface area contributed by atoms with E-state index in [1.54, 1.807) is 0 Å². The van der Waals surface area contributed by atoms with Crippen LogP contribution < -0.4 is 0 Å². The zero-order chi connectivity index (χ0) is 5.98. The molecule has 41 valence electrons. The van der Waals surface area contributed by atoms with Crippen molar-refractivity contribution in [1.82, 2.24) is 4.98 Å². The van der Waals surface area contributed by atoms with E-state index in [4.69, 9.17) is 0 Å². The number of aromatic nitrogens is 1. The third-order valence-electron chi connectivity index (χ3n) is 0.672. The molecular weight excluding hydrogens is 112 g/mol. The number of rotatable bonds is 0. The van der Waals surface area contributed by atoms with Crippen molar-refractivity contribution < 1.29 is 8.78 Å². The van der Waals surface area contributed by atoms with Gasteiger partial charge in [-0.15, -0.1) is 0 Å². The van der Waals surface area contributed by atoms with Gasteiger partial charge >= 0.3 is 0 Å². The number of hydrogen-bond donors (Lipinski definition) is 0. The summed E-state index contributed by atoms with van der Waals surface area (Å²) in [6, 6.07) is 0.843. The molecule has 0 aliphatic heterocycles. The van der Waals surface area contributed by atoms with Gasteiger partial charge in [0.25, 0.3) is 0 Å². The van der Waals surface area contributed by atoms with E-state index in [1.165, 1.54) is 0 Å². The van der Waals surface area contributed by atoms with E-state index in [-0.39, 0.29) is 0 Å². The molecule has 0 saturated carbocycles. The summed E-state index contributed by atoms with van der Waals surface area (Å²) in [5.41, 5.74) is 0. The van der Waals surface area contributed by atoms with Crippen molar-refractivity contribution in [1.29, 1.82) is 0 Å². The van der Waals surface area contributed by atoms with E-state index in [2.05, 4.69) is 11.2 Å². The average molecular weight is 114 g/mol. The van der Waals surface area contributed by atoms with E-state index in [1.807, 2.05) is 0 Å². The molecule has 0 aliphatic carbocycles. The molecule has 0 N–H and O–H groups in total. The number of pyridine rings is 1. The summed E-state index contributed by atoms with van der Waals surface area (Å²) in [5, 5.41) is 0. The van der Waals surface area contributed by atoms with Crippen LogP contribution in [0.3, 0.4) is 0 Å². The summed E-state index contributed by atoms with van der Waals surface area (Å²) >= 11 is 0. The van der Waals surface area contributed by atoms with Crippen LogP contribution in [0.15, 0.2) is 12.3 Å². The van der Waals surface area contributed by atoms with Gasteiger partial charge in [-0.3, -0.25) is 4.98 Å². The van der Waals surface area contributed by atoms with E-state index in [0.717, 1.165) is 12.3 Å². The predicted molar refractivity (Wildman–Crippen MR) is 23.0 cm³/mol. The zero-order valence-corrected chi connectivity index (χ0v) is 3.86. The van der Waals surface area contributed by atoms with Gasteiger partial charge < -0.3 is 0 Å². The largest absolute Gasteiger partial charge is 0.251 e. The minimum atomic E-state index is -0.941. The maximum absolute atomic E-state index is 11.9. The lowest BCUT2D eigenvalue weighted by molar-refractivity contribution is 0.503. The van der Waals surface area contributed by atoms with Crippen LogP contribution in [0, 0.1) is 17.8 Å². The van der Waals surface area contributed by atoms with Gasteiger partial charge in [-0.2, -0.15) is 0 Å². The van der Waals surface area contributed by atoms with Crippen LogP contribution in [0.2, 0.25) is 0 Å². The monoisotopic (exact) mass is 114 g/mol. The van der Waals surface area contributed by atoms with Gasteiger partial charge in [0, 0.05) is 6.07 Å². The number of nitrogens with zero attached hydrogens (tertiary/aromatic N) is 1. The summed E-state index contributed by atoms with van der Waals surface area (Å²) < 4.78 is 23.7. The molecule has 8 heavy (non-hydrogen) atoms. The third-order valence-corrected chi connectivity index (χ3v) is 0.672. The van der Waals surface area contributed by atoms with E-state index >= 15 is 0 Å². The molecule has 0 fully saturated rings. The Balaban J connectivity index is 3.13. The molecule has 0 saturated heterocycles. The first-order valence-corrected chi connectivity index (χ1v) is 1.98. The van der Waals surface area contributed by atoms with Gasteiger partial charge in [0.05, 0.1) is 12.4 Å². The molecule has 1 aromatic rings. The molecule has 1 heterocycles. The predicted octanol–water partition coefficient (Wildman–Crippen LogP) is 1.16. The van der Waals surface area contributed by atoms with Crippen LogP contribution in [0.25, 0.3) is 0 Å². The van der Waals surface area contributed by atoms with Crippen molar-refractivity contribution in [3.63, 3.8) is 0 Å². The summed E-state index contributed by atoms with van der Waals surface area (Å²) in [6.07, 6.45) is 2.91. The van der Waals surface area contributed by atoms with Gasteiger partial charge in [0.1, 0.15) is 0 Å². The Kier molecular flexibility index (Phi) is 1.20. The first-order chi connectivity index (χ1) is 3.80. The Morgan fingerprint density at radius 1 is 1.38 bits per heavy atom. The highest BCUT2D eigenvalue weighted by atomic mass is 19.2. The smallest absolute Gasteiger partial charge is 0.177 e. The summed E-state index contributed by atoms with van der Waals surface area (Å²) in [7, 11) is 0. The zero-order valence-electron chi connectivity index (χ0n) is 3.86. The molecule has 0 amide bonds. The normalized spacial score (nSPS) is 9.25. The fourth-order valence-corrected chi connectivity index (χ4v) is 0.318. The van der Waals surface area contributed by atoms with Gasteiger partial charge in [-0.05, 0) is 0 Å². The fraction of sp³-hybridized carbons (Fsp3) is 0. The highest BCUT2D eigenvalue weighted by Crippen LogP contribution is 1.98. The maximum atomic E-state index is 11.9. The minimum absolute atomic E-state index is 0.773. The molecule has 1 radical (unpaired) electrons. The van der Waals surface area contributed by atoms with Gasteiger partial charge in [0.2, 0.25) is 0 Å². The molecule has 0 unspecified atom stereocenters. The molecule has 1 rings (SSSR count). The third kappa shape index (κ3) is 0.804. The first kappa shape index (κ1) is 5.15. The molecular formula is C5H2F2N. The van der Waals surface area contributed by atoms with E-state index in [9.17, 15) is 8.78 Å². The second-order valence-corrected chi connectivity index (χ2v) is 1.23. The molecule has 0 aromatic carbocycles. The second-order valence-electron chi connectivity index (χ2n) is 1.23. The lowest BCUT2D eigenvalue weighted by Crippen LogP contribution is -1.82. The Morgan fingerprint density at radius 3 is 2.50 bits per heavy atom. The van der Waals surface area contributed by atoms with Gasteiger partial charge in [-0.1, -0.05) is 0 Å². The van der Waals surface area contributed by atoms with Crippen LogP contribution in [0.1, 0.15) is 0 Å². The van der Waals surface area contributed by atoms with Crippen LogP contribution in [-0.2, 0) is 0 Å². The van der Waals surface area contributed by atoms with Gasteiger partial charge in [-0.25, -0.2) is 8.78 Å². The standard InChI is InChI=1S/C5H2F2N/c6-4-1-2-8-3-5(4)7/h1,3H. The molecule has 1 nitrogen and oxygen atoms in total. The quantitative estimate of drug-likeness (QED) is 0.493. The maximum Gasteiger partial charge on any atom is 0.177 e. The Morgan fingerprint density at radius 2 is 2.12 bits per heavy atom. The lowest BCUT2D eigenvalue weighted by Gasteiger charge is -1.84. The number of halogens is 2. The molecule has 0 aliphatic rings. The van der Waals surface area contributed by atoms with E-state index in [0.29, 0.717) is 0 Å². The van der Waals surface area contributed by atoms with Crippen LogP contribution in [0.4, 0.5) is 8.78 Å². The lowest BCUT2D eigenvalue weighted by atomic mass is 10.5. The number of hydrogen-bond acceptors (Lipinski definition) is 1. The molecule has 0 bridgehead atoms. The van der Waals surface area contributed by atoms with Crippen molar-refractivity contribution in [3.8, 4) is 0 Å². The average Bonchev–Trinajstić information content (AvgIpc) is 1.77. The van der Waals surface area contributed by atoms with Crippen LogP contribution in [-0.4, -0.2) is 4.98 Å². The van der Waals surface area contributed by atoms with Crippen molar-refractivity contribution in [2.45, 2.75) is 0 Å². The van der Waals surface area contributed by atoms with E-state index < -0.39 is 11.6 Å². The highest BCUT2D eigenvalue weighted by molar-refractivity contribution is 4.95. The second kappa shape index (κ2) is 1.86. The SMILES string of the molecule is Fc1c[c]ncc1F. The van der Waals surface area contributed by atoms with Crippen molar-refractivity contribution in [2.24, 2.45) is 0 Å². The summed E-state index contributed by atoms with van der Waals surface area (Å²) in [4.78, 5) is 3.21. The Bertz CT molecular complexity index is 167. The minimum Gasteiger partial charge on any atom is -0.251 e. The molecule has 1 aromatic heterocycles. The molecule has 0 atom stereocenters. The molecule has 3 heteroatoms. The Labute approximate surface area is 45.0 Å². The molecule has 0 spiro atoms. The highest BCUT2D eigenvalue weighted by Gasteiger charge is 1.95. The van der Waals surface area contributed by atoms with Crippen molar-refractivity contribution in [2.75, 3.05) is 0 Å². The van der Waals surface area contributed by atoms with Crippen molar-refractivity contribution in [3.05, 3.63) is 30.1 Å². The van der Waals surface area contributed by atoms with Crippen LogP contribution in [0.5, 0.6) is 0 Å². The van der Waals surface area contributed by atoms with Crippen molar-refractivity contribution >= 4 is 0 Å². The topological polar surface area (TPSA) is 12.9 Å². The summed E-state index contributed by atoms with van der Waals surface area (Å²) in [5.74, 6) is -1.86. The first-order valence-electron chi connectivity index (χ1n) is 1.98. The summed E-state index contributed by atoms with van der Waals surface area (Å²) in [6.45, 7) is 0. The van der Waals surface area contributed by atoms with Crippen LogP contribution >= 0.6 is 0 Å². The van der Waals surface area contributed by atoms with Gasteiger partial charge in [0.15, 0.2) is 11.6 Å².